The SMILES string of the molecule is CNC(=O)COc1cc2cc(Nc3nc(N4C[C@@H](C)C(F)[C@@H](C)C4)c(C#N)cc3Cl)ccc2n(C)c1=O. The minimum Gasteiger partial charge on any atom is -0.478 e. The third-order valence-corrected chi connectivity index (χ3v) is 6.86. The number of halogens is 2. The summed E-state index contributed by atoms with van der Waals surface area (Å²) >= 11 is 6.47. The van der Waals surface area contributed by atoms with Crippen molar-refractivity contribution in [1.82, 2.24) is 14.9 Å². The van der Waals surface area contributed by atoms with E-state index in [1.807, 2.05) is 18.7 Å². The third-order valence-electron chi connectivity index (χ3n) is 6.57. The van der Waals surface area contributed by atoms with E-state index in [1.165, 1.54) is 11.6 Å². The molecule has 37 heavy (non-hydrogen) atoms. The number of aryl methyl sites for hydroxylation is 1. The van der Waals surface area contributed by atoms with Gasteiger partial charge in [0, 0.05) is 50.1 Å². The second kappa shape index (κ2) is 10.6. The first-order valence-corrected chi connectivity index (χ1v) is 12.2. The summed E-state index contributed by atoms with van der Waals surface area (Å²) in [5, 5.41) is 16.3. The van der Waals surface area contributed by atoms with Gasteiger partial charge in [-0.05, 0) is 30.3 Å². The lowest BCUT2D eigenvalue weighted by molar-refractivity contribution is -0.122. The van der Waals surface area contributed by atoms with Crippen LogP contribution in [0.2, 0.25) is 5.02 Å². The van der Waals surface area contributed by atoms with Crippen LogP contribution in [0.15, 0.2) is 35.1 Å². The van der Waals surface area contributed by atoms with Crippen molar-refractivity contribution in [3.8, 4) is 11.8 Å². The average Bonchev–Trinajstić information content (AvgIpc) is 2.88. The van der Waals surface area contributed by atoms with E-state index >= 15 is 0 Å². The molecule has 0 bridgehead atoms. The van der Waals surface area contributed by atoms with Crippen LogP contribution in [0.3, 0.4) is 0 Å². The molecule has 1 saturated heterocycles. The largest absolute Gasteiger partial charge is 0.478 e. The molecule has 3 aromatic rings. The van der Waals surface area contributed by atoms with Crippen LogP contribution in [-0.4, -0.2) is 48.4 Å². The molecule has 2 N–H and O–H groups in total. The summed E-state index contributed by atoms with van der Waals surface area (Å²) in [6.45, 7) is 4.31. The number of aromatic nitrogens is 2. The number of nitrogens with zero attached hydrogens (tertiary/aromatic N) is 4. The van der Waals surface area contributed by atoms with Gasteiger partial charge in [0.1, 0.15) is 18.1 Å². The molecule has 1 aliphatic heterocycles. The van der Waals surface area contributed by atoms with Gasteiger partial charge in [-0.1, -0.05) is 25.4 Å². The molecule has 4 rings (SSSR count). The minimum atomic E-state index is -0.912. The summed E-state index contributed by atoms with van der Waals surface area (Å²) in [4.78, 5) is 30.8. The van der Waals surface area contributed by atoms with Crippen LogP contribution in [0.4, 0.5) is 21.7 Å². The number of pyridine rings is 2. The van der Waals surface area contributed by atoms with Crippen molar-refractivity contribution in [2.75, 3.05) is 37.0 Å². The fourth-order valence-electron chi connectivity index (χ4n) is 4.58. The quantitative estimate of drug-likeness (QED) is 0.503. The maximum Gasteiger partial charge on any atom is 0.293 e. The van der Waals surface area contributed by atoms with Gasteiger partial charge in [0.2, 0.25) is 0 Å². The summed E-state index contributed by atoms with van der Waals surface area (Å²) in [6, 6.07) is 10.6. The van der Waals surface area contributed by atoms with Crippen LogP contribution >= 0.6 is 11.6 Å². The van der Waals surface area contributed by atoms with Crippen LogP contribution in [0.5, 0.6) is 5.75 Å². The Labute approximate surface area is 218 Å². The molecule has 0 aliphatic carbocycles. The fourth-order valence-corrected chi connectivity index (χ4v) is 4.78. The second-order valence-corrected chi connectivity index (χ2v) is 9.75. The number of likely N-dealkylation sites (N-methyl/N-ethyl adjacent to an activating group) is 1. The molecule has 3 atom stereocenters. The molecule has 1 amide bonds. The number of carbonyl (C=O) groups is 1. The Hall–Kier alpha value is -3.84. The van der Waals surface area contributed by atoms with Crippen molar-refractivity contribution in [2.45, 2.75) is 20.0 Å². The van der Waals surface area contributed by atoms with Crippen molar-refractivity contribution in [3.63, 3.8) is 0 Å². The summed E-state index contributed by atoms with van der Waals surface area (Å²) < 4.78 is 21.3. The van der Waals surface area contributed by atoms with Crippen molar-refractivity contribution >= 4 is 45.7 Å². The molecule has 1 aromatic carbocycles. The Morgan fingerprint density at radius 2 is 1.97 bits per heavy atom. The van der Waals surface area contributed by atoms with E-state index in [2.05, 4.69) is 21.7 Å². The van der Waals surface area contributed by atoms with E-state index in [-0.39, 0.29) is 40.7 Å². The van der Waals surface area contributed by atoms with E-state index in [9.17, 15) is 19.2 Å². The van der Waals surface area contributed by atoms with Crippen molar-refractivity contribution in [2.24, 2.45) is 18.9 Å². The summed E-state index contributed by atoms with van der Waals surface area (Å²) in [6.07, 6.45) is -0.912. The smallest absolute Gasteiger partial charge is 0.293 e. The van der Waals surface area contributed by atoms with Crippen molar-refractivity contribution < 1.29 is 13.9 Å². The summed E-state index contributed by atoms with van der Waals surface area (Å²) in [5.74, 6) is 0.0976. The Morgan fingerprint density at radius 3 is 2.62 bits per heavy atom. The van der Waals surface area contributed by atoms with Gasteiger partial charge < -0.3 is 24.8 Å². The van der Waals surface area contributed by atoms with Gasteiger partial charge in [-0.3, -0.25) is 9.59 Å². The number of nitriles is 1. The standard InChI is InChI=1S/C26H28ClFN6O3/c1-14-11-34(12-15(2)23(14)28)25-17(10-29)8-19(27)24(32-25)31-18-5-6-20-16(7-18)9-21(26(36)33(20)4)37-13-22(35)30-3/h5-9,14-15,23H,11-13H2,1-4H3,(H,30,35)(H,31,32)/t14-,15+,23?. The highest BCUT2D eigenvalue weighted by Gasteiger charge is 2.33. The number of carbonyl (C=O) groups excluding carboxylic acids is 1. The number of anilines is 3. The molecule has 1 fully saturated rings. The zero-order valence-corrected chi connectivity index (χ0v) is 21.8. The molecular formula is C26H28ClFN6O3. The normalized spacial score (nSPS) is 19.4. The molecule has 11 heteroatoms. The van der Waals surface area contributed by atoms with Gasteiger partial charge in [-0.25, -0.2) is 9.37 Å². The molecule has 0 spiro atoms. The highest BCUT2D eigenvalue weighted by molar-refractivity contribution is 6.33. The van der Waals surface area contributed by atoms with Crippen molar-refractivity contribution in [3.05, 3.63) is 51.3 Å². The van der Waals surface area contributed by atoms with Crippen LogP contribution in [0.1, 0.15) is 19.4 Å². The number of hydrogen-bond donors (Lipinski definition) is 2. The van der Waals surface area contributed by atoms with Crippen LogP contribution in [0, 0.1) is 23.2 Å². The second-order valence-electron chi connectivity index (χ2n) is 9.34. The van der Waals surface area contributed by atoms with Gasteiger partial charge in [0.25, 0.3) is 11.5 Å². The number of ether oxygens (including phenoxy) is 1. The first-order chi connectivity index (χ1) is 17.6. The summed E-state index contributed by atoms with van der Waals surface area (Å²) in [7, 11) is 3.11. The van der Waals surface area contributed by atoms with Gasteiger partial charge in [0.15, 0.2) is 18.2 Å². The number of fused-ring (bicyclic) bond motifs is 1. The van der Waals surface area contributed by atoms with E-state index in [4.69, 9.17) is 16.3 Å². The van der Waals surface area contributed by atoms with Crippen molar-refractivity contribution in [1.29, 1.82) is 5.26 Å². The number of piperidine rings is 1. The van der Waals surface area contributed by atoms with E-state index in [1.54, 1.807) is 37.4 Å². The summed E-state index contributed by atoms with van der Waals surface area (Å²) in [5.41, 5.74) is 1.26. The fraction of sp³-hybridized carbons (Fsp3) is 0.385. The number of nitrogens with one attached hydrogen (secondary N) is 2. The Kier molecular flexibility index (Phi) is 7.55. The van der Waals surface area contributed by atoms with Gasteiger partial charge in [-0.2, -0.15) is 5.26 Å². The molecule has 1 aliphatic rings. The zero-order chi connectivity index (χ0) is 26.9. The Balaban J connectivity index is 1.68. The van der Waals surface area contributed by atoms with E-state index < -0.39 is 6.17 Å². The zero-order valence-electron chi connectivity index (χ0n) is 21.0. The van der Waals surface area contributed by atoms with Crippen LogP contribution < -0.4 is 25.8 Å². The van der Waals surface area contributed by atoms with Crippen LogP contribution in [0.25, 0.3) is 10.9 Å². The molecule has 9 nitrogen and oxygen atoms in total. The lowest BCUT2D eigenvalue weighted by Gasteiger charge is -2.38. The predicted molar refractivity (Wildman–Crippen MR) is 141 cm³/mol. The Bertz CT molecular complexity index is 1440. The molecule has 3 heterocycles. The lowest BCUT2D eigenvalue weighted by atomic mass is 9.89. The first kappa shape index (κ1) is 26.2. The third kappa shape index (κ3) is 5.32. The minimum absolute atomic E-state index is 0.0482. The number of amides is 1. The predicted octanol–water partition coefficient (Wildman–Crippen LogP) is 3.76. The highest BCUT2D eigenvalue weighted by Crippen LogP contribution is 2.34. The van der Waals surface area contributed by atoms with Gasteiger partial charge in [-0.15, -0.1) is 0 Å². The van der Waals surface area contributed by atoms with Gasteiger partial charge >= 0.3 is 0 Å². The average molecular weight is 527 g/mol. The van der Waals surface area contributed by atoms with Gasteiger partial charge in [0.05, 0.1) is 16.1 Å². The monoisotopic (exact) mass is 526 g/mol. The topological polar surface area (TPSA) is 112 Å². The first-order valence-electron chi connectivity index (χ1n) is 11.9. The molecular weight excluding hydrogens is 499 g/mol. The number of rotatable bonds is 6. The maximum atomic E-state index is 14.4. The van der Waals surface area contributed by atoms with Crippen LogP contribution in [-0.2, 0) is 11.8 Å². The maximum absolute atomic E-state index is 14.4. The highest BCUT2D eigenvalue weighted by atomic mass is 35.5. The molecule has 0 radical (unpaired) electrons. The lowest BCUT2D eigenvalue weighted by Crippen LogP contribution is -2.46. The number of benzene rings is 1. The molecule has 1 unspecified atom stereocenters. The van der Waals surface area contributed by atoms with E-state index in [0.717, 1.165) is 0 Å². The molecule has 194 valence electrons. The Morgan fingerprint density at radius 1 is 1.27 bits per heavy atom. The molecule has 2 aromatic heterocycles. The number of alkyl halides is 1. The number of hydrogen-bond acceptors (Lipinski definition) is 7. The van der Waals surface area contributed by atoms with E-state index in [0.29, 0.717) is 46.9 Å². The molecule has 0 saturated carbocycles.